The van der Waals surface area contributed by atoms with Crippen LogP contribution in [0.2, 0.25) is 0 Å². The summed E-state index contributed by atoms with van der Waals surface area (Å²) in [6, 6.07) is 0. The summed E-state index contributed by atoms with van der Waals surface area (Å²) in [6.45, 7) is 8.75. The first-order valence-electron chi connectivity index (χ1n) is 7.33. The number of nitrogens with zero attached hydrogens (tertiary/aromatic N) is 1. The Bertz CT molecular complexity index is 202. The molecule has 4 heteroatoms. The van der Waals surface area contributed by atoms with Crippen molar-refractivity contribution in [1.29, 1.82) is 0 Å². The van der Waals surface area contributed by atoms with Gasteiger partial charge in [0.1, 0.15) is 0 Å². The fraction of sp³-hybridized carbons (Fsp3) is 0.929. The quantitative estimate of drug-likeness (QED) is 0.588. The van der Waals surface area contributed by atoms with E-state index in [1.165, 1.54) is 0 Å². The number of amides is 1. The Hall–Kier alpha value is -0.610. The number of rotatable bonds is 6. The van der Waals surface area contributed by atoms with E-state index in [1.54, 1.807) is 0 Å². The first-order chi connectivity index (χ1) is 8.74. The van der Waals surface area contributed by atoms with Crippen LogP contribution in [0.15, 0.2) is 0 Å². The van der Waals surface area contributed by atoms with E-state index in [1.807, 2.05) is 18.7 Å². The lowest BCUT2D eigenvalue weighted by atomic mass is 9.99. The molecule has 0 saturated carbocycles. The molecule has 0 radical (unpaired) electrons. The van der Waals surface area contributed by atoms with Crippen molar-refractivity contribution in [3.63, 3.8) is 0 Å². The zero-order chi connectivity index (χ0) is 13.8. The molecule has 0 aliphatic carbocycles. The predicted molar refractivity (Wildman–Crippen MR) is 74.9 cm³/mol. The SMILES string of the molecule is CC.CC1CCN(C(=O)CCCCCON)CC1. The lowest BCUT2D eigenvalue weighted by molar-refractivity contribution is -0.132. The number of hydrogen-bond acceptors (Lipinski definition) is 3. The van der Waals surface area contributed by atoms with Crippen LogP contribution in [-0.4, -0.2) is 30.5 Å². The Balaban J connectivity index is 0.00000137. The molecule has 0 spiro atoms. The van der Waals surface area contributed by atoms with Gasteiger partial charge in [-0.25, -0.2) is 5.90 Å². The lowest BCUT2D eigenvalue weighted by Crippen LogP contribution is -2.37. The minimum atomic E-state index is 0.320. The van der Waals surface area contributed by atoms with E-state index in [2.05, 4.69) is 11.8 Å². The van der Waals surface area contributed by atoms with Crippen LogP contribution in [0.1, 0.15) is 59.3 Å². The highest BCUT2D eigenvalue weighted by molar-refractivity contribution is 5.76. The van der Waals surface area contributed by atoms with Crippen LogP contribution >= 0.6 is 0 Å². The van der Waals surface area contributed by atoms with Crippen LogP contribution in [0.3, 0.4) is 0 Å². The van der Waals surface area contributed by atoms with Gasteiger partial charge in [0.05, 0.1) is 6.61 Å². The number of piperidine rings is 1. The van der Waals surface area contributed by atoms with Gasteiger partial charge in [0, 0.05) is 19.5 Å². The fourth-order valence-corrected chi connectivity index (χ4v) is 2.05. The zero-order valence-electron chi connectivity index (χ0n) is 12.3. The highest BCUT2D eigenvalue weighted by atomic mass is 16.6. The summed E-state index contributed by atoms with van der Waals surface area (Å²) in [7, 11) is 0. The fourth-order valence-electron chi connectivity index (χ4n) is 2.05. The summed E-state index contributed by atoms with van der Waals surface area (Å²) in [4.78, 5) is 18.3. The molecule has 0 unspecified atom stereocenters. The maximum Gasteiger partial charge on any atom is 0.222 e. The number of likely N-dealkylation sites (tertiary alicyclic amines) is 1. The van der Waals surface area contributed by atoms with Crippen molar-refractivity contribution in [1.82, 2.24) is 4.90 Å². The molecule has 1 aliphatic heterocycles. The van der Waals surface area contributed by atoms with E-state index >= 15 is 0 Å². The molecule has 1 amide bonds. The molecule has 108 valence electrons. The van der Waals surface area contributed by atoms with Crippen molar-refractivity contribution in [2.24, 2.45) is 11.8 Å². The van der Waals surface area contributed by atoms with E-state index in [9.17, 15) is 4.79 Å². The molecule has 1 heterocycles. The second-order valence-electron chi connectivity index (χ2n) is 4.74. The summed E-state index contributed by atoms with van der Waals surface area (Å²) >= 11 is 0. The van der Waals surface area contributed by atoms with Crippen molar-refractivity contribution < 1.29 is 9.63 Å². The van der Waals surface area contributed by atoms with Crippen molar-refractivity contribution in [3.05, 3.63) is 0 Å². The first-order valence-corrected chi connectivity index (χ1v) is 7.33. The number of nitrogens with two attached hydrogens (primary N) is 1. The van der Waals surface area contributed by atoms with E-state index in [-0.39, 0.29) is 0 Å². The highest BCUT2D eigenvalue weighted by Gasteiger charge is 2.19. The van der Waals surface area contributed by atoms with Gasteiger partial charge in [0.15, 0.2) is 0 Å². The minimum Gasteiger partial charge on any atom is -0.343 e. The first kappa shape index (κ1) is 17.4. The van der Waals surface area contributed by atoms with Gasteiger partial charge in [-0.1, -0.05) is 27.2 Å². The monoisotopic (exact) mass is 258 g/mol. The summed E-state index contributed by atoms with van der Waals surface area (Å²) < 4.78 is 0. The minimum absolute atomic E-state index is 0.320. The average Bonchev–Trinajstić information content (AvgIpc) is 2.41. The molecule has 4 nitrogen and oxygen atoms in total. The van der Waals surface area contributed by atoms with Crippen molar-refractivity contribution in [3.8, 4) is 0 Å². The average molecular weight is 258 g/mol. The molecule has 1 aliphatic rings. The third-order valence-corrected chi connectivity index (χ3v) is 3.29. The topological polar surface area (TPSA) is 55.6 Å². The van der Waals surface area contributed by atoms with Gasteiger partial charge in [-0.2, -0.15) is 0 Å². The Labute approximate surface area is 112 Å². The molecule has 1 fully saturated rings. The van der Waals surface area contributed by atoms with E-state index in [4.69, 9.17) is 5.90 Å². The maximum absolute atomic E-state index is 11.8. The largest absolute Gasteiger partial charge is 0.343 e. The summed E-state index contributed by atoms with van der Waals surface area (Å²) in [5, 5.41) is 0. The number of unbranched alkanes of at least 4 members (excludes halogenated alkanes) is 2. The van der Waals surface area contributed by atoms with Crippen molar-refractivity contribution >= 4 is 5.91 Å². The van der Waals surface area contributed by atoms with Gasteiger partial charge in [-0.15, -0.1) is 0 Å². The van der Waals surface area contributed by atoms with E-state index < -0.39 is 0 Å². The zero-order valence-corrected chi connectivity index (χ0v) is 12.3. The van der Waals surface area contributed by atoms with Gasteiger partial charge in [-0.05, 0) is 31.6 Å². The van der Waals surface area contributed by atoms with Crippen LogP contribution in [-0.2, 0) is 9.63 Å². The van der Waals surface area contributed by atoms with Crippen LogP contribution in [0, 0.1) is 5.92 Å². The van der Waals surface area contributed by atoms with Crippen LogP contribution in [0.25, 0.3) is 0 Å². The number of hydrogen-bond donors (Lipinski definition) is 1. The van der Waals surface area contributed by atoms with Crippen molar-refractivity contribution in [2.75, 3.05) is 19.7 Å². The smallest absolute Gasteiger partial charge is 0.222 e. The Morgan fingerprint density at radius 2 is 1.83 bits per heavy atom. The molecule has 0 aromatic rings. The van der Waals surface area contributed by atoms with E-state index in [0.29, 0.717) is 18.9 Å². The molecule has 1 saturated heterocycles. The molecule has 0 aromatic heterocycles. The van der Waals surface area contributed by atoms with Gasteiger partial charge >= 0.3 is 0 Å². The second-order valence-corrected chi connectivity index (χ2v) is 4.74. The molecule has 2 N–H and O–H groups in total. The van der Waals surface area contributed by atoms with E-state index in [0.717, 1.165) is 51.1 Å². The molecule has 0 atom stereocenters. The van der Waals surface area contributed by atoms with Crippen LogP contribution in [0.5, 0.6) is 0 Å². The van der Waals surface area contributed by atoms with Gasteiger partial charge in [0.2, 0.25) is 5.91 Å². The Kier molecular flexibility index (Phi) is 11.1. The van der Waals surface area contributed by atoms with Gasteiger partial charge in [-0.3, -0.25) is 4.79 Å². The summed E-state index contributed by atoms with van der Waals surface area (Å²) in [5.74, 6) is 6.03. The third-order valence-electron chi connectivity index (χ3n) is 3.29. The predicted octanol–water partition coefficient (Wildman–Crippen LogP) is 2.72. The van der Waals surface area contributed by atoms with Crippen LogP contribution in [0.4, 0.5) is 0 Å². The molecule has 0 bridgehead atoms. The standard InChI is InChI=1S/C12H24N2O2.C2H6/c1-11-6-8-14(9-7-11)12(15)5-3-2-4-10-16-13;1-2/h11H,2-10,13H2,1H3;1-2H3. The number of carbonyl (C=O) groups is 1. The maximum atomic E-state index is 11.8. The third kappa shape index (κ3) is 7.67. The Morgan fingerprint density at radius 1 is 1.22 bits per heavy atom. The molecule has 1 rings (SSSR count). The van der Waals surface area contributed by atoms with Crippen LogP contribution < -0.4 is 5.90 Å². The molecule has 0 aromatic carbocycles. The van der Waals surface area contributed by atoms with Gasteiger partial charge < -0.3 is 9.74 Å². The lowest BCUT2D eigenvalue weighted by Gasteiger charge is -2.30. The summed E-state index contributed by atoms with van der Waals surface area (Å²) in [6.07, 6.45) is 5.92. The number of carbonyl (C=O) groups excluding carboxylic acids is 1. The van der Waals surface area contributed by atoms with Crippen molar-refractivity contribution in [2.45, 2.75) is 59.3 Å². The second kappa shape index (κ2) is 11.5. The summed E-state index contributed by atoms with van der Waals surface area (Å²) in [5.41, 5.74) is 0. The molecular weight excluding hydrogens is 228 g/mol. The molecule has 18 heavy (non-hydrogen) atoms. The normalized spacial score (nSPS) is 16.1. The van der Waals surface area contributed by atoms with Gasteiger partial charge in [0.25, 0.3) is 0 Å². The molecular formula is C14H30N2O2. The highest BCUT2D eigenvalue weighted by Crippen LogP contribution is 2.17. The Morgan fingerprint density at radius 3 is 2.39 bits per heavy atom.